The van der Waals surface area contributed by atoms with Gasteiger partial charge in [-0.15, -0.1) is 0 Å². The minimum Gasteiger partial charge on any atom is -0.490 e. The highest BCUT2D eigenvalue weighted by Gasteiger charge is 2.32. The summed E-state index contributed by atoms with van der Waals surface area (Å²) in [5, 5.41) is 10.4. The molecule has 1 fully saturated rings. The molecule has 190 valence electrons. The zero-order valence-corrected chi connectivity index (χ0v) is 21.9. The Morgan fingerprint density at radius 3 is 2.59 bits per heavy atom. The molecule has 0 bridgehead atoms. The monoisotopic (exact) mass is 536 g/mol. The molecule has 1 amide bonds. The molecule has 3 aromatic rings. The smallest absolute Gasteiger partial charge is 0.335 e. The van der Waals surface area contributed by atoms with Crippen LogP contribution in [0.4, 0.5) is 5.69 Å². The molecule has 0 atom stereocenters. The molecule has 1 saturated heterocycles. The summed E-state index contributed by atoms with van der Waals surface area (Å²) >= 11 is 7.48. The van der Waals surface area contributed by atoms with Crippen molar-refractivity contribution >= 4 is 52.2 Å². The first-order valence-corrected chi connectivity index (χ1v) is 12.9. The van der Waals surface area contributed by atoms with Crippen LogP contribution in [-0.2, 0) is 11.4 Å². The van der Waals surface area contributed by atoms with Gasteiger partial charge in [0.1, 0.15) is 6.61 Å². The Hall–Kier alpha value is -3.75. The van der Waals surface area contributed by atoms with E-state index in [4.69, 9.17) is 21.1 Å². The Kier molecular flexibility index (Phi) is 8.53. The summed E-state index contributed by atoms with van der Waals surface area (Å²) in [5.41, 5.74) is 2.24. The molecule has 1 N–H and O–H groups in total. The molecule has 3 aromatic carbocycles. The number of nitrogens with zero attached hydrogens (tertiary/aromatic N) is 2. The number of thioether (sulfide) groups is 1. The van der Waals surface area contributed by atoms with E-state index in [9.17, 15) is 14.7 Å². The van der Waals surface area contributed by atoms with Crippen molar-refractivity contribution in [3.05, 3.63) is 93.3 Å². The van der Waals surface area contributed by atoms with Crippen LogP contribution in [0.3, 0.4) is 0 Å². The summed E-state index contributed by atoms with van der Waals surface area (Å²) in [5.74, 6) is -0.0664. The Bertz CT molecular complexity index is 1390. The first-order valence-electron chi connectivity index (χ1n) is 11.7. The quantitative estimate of drug-likeness (QED) is 0.308. The minimum absolute atomic E-state index is 0.135. The van der Waals surface area contributed by atoms with Crippen molar-refractivity contribution in [2.75, 3.05) is 13.2 Å². The normalized spacial score (nSPS) is 15.4. The highest BCUT2D eigenvalue weighted by Crippen LogP contribution is 2.36. The molecule has 0 saturated carbocycles. The Morgan fingerprint density at radius 1 is 1.05 bits per heavy atom. The third-order valence-corrected chi connectivity index (χ3v) is 6.80. The maximum Gasteiger partial charge on any atom is 0.335 e. The standard InChI is InChI=1S/C28H25ClN2O5S/c1-3-31-26(32)25(37-28(31)30-21-10-7-9-19(16-21)27(33)34)15-18-12-13-23(24(14-18)35-4-2)36-17-20-8-5-6-11-22(20)29/h5-16H,3-4,17H2,1-2H3,(H,33,34)/b25-15+,30-28?. The van der Waals surface area contributed by atoms with Gasteiger partial charge in [-0.3, -0.25) is 9.69 Å². The summed E-state index contributed by atoms with van der Waals surface area (Å²) in [7, 11) is 0. The average Bonchev–Trinajstić information content (AvgIpc) is 3.18. The molecule has 7 nitrogen and oxygen atoms in total. The molecule has 1 aliphatic rings. The number of halogens is 1. The third-order valence-electron chi connectivity index (χ3n) is 5.43. The number of benzene rings is 3. The predicted octanol–water partition coefficient (Wildman–Crippen LogP) is 6.64. The Balaban J connectivity index is 1.58. The number of aromatic carboxylic acids is 1. The summed E-state index contributed by atoms with van der Waals surface area (Å²) in [4.78, 5) is 31.0. The molecular weight excluding hydrogens is 512 g/mol. The number of carbonyl (C=O) groups excluding carboxylic acids is 1. The fourth-order valence-corrected chi connectivity index (χ4v) is 4.87. The lowest BCUT2D eigenvalue weighted by molar-refractivity contribution is -0.122. The van der Waals surface area contributed by atoms with Gasteiger partial charge in [0.15, 0.2) is 16.7 Å². The molecule has 0 radical (unpaired) electrons. The lowest BCUT2D eigenvalue weighted by Crippen LogP contribution is -2.28. The molecule has 0 unspecified atom stereocenters. The zero-order chi connectivity index (χ0) is 26.4. The molecular formula is C28H25ClN2O5S. The van der Waals surface area contributed by atoms with Crippen molar-refractivity contribution in [2.24, 2.45) is 4.99 Å². The van der Waals surface area contributed by atoms with Crippen LogP contribution in [0.2, 0.25) is 5.02 Å². The molecule has 9 heteroatoms. The summed E-state index contributed by atoms with van der Waals surface area (Å²) in [6.45, 7) is 4.93. The number of carbonyl (C=O) groups is 2. The molecule has 37 heavy (non-hydrogen) atoms. The topological polar surface area (TPSA) is 88.4 Å². The largest absolute Gasteiger partial charge is 0.490 e. The number of carboxylic acid groups (broad SMARTS) is 1. The van der Waals surface area contributed by atoms with E-state index in [0.717, 1.165) is 11.1 Å². The van der Waals surface area contributed by atoms with Crippen molar-refractivity contribution in [2.45, 2.75) is 20.5 Å². The molecule has 1 aliphatic heterocycles. The first kappa shape index (κ1) is 26.3. The van der Waals surface area contributed by atoms with Gasteiger partial charge in [-0.05, 0) is 73.6 Å². The molecule has 0 spiro atoms. The lowest BCUT2D eigenvalue weighted by atomic mass is 10.1. The maximum atomic E-state index is 13.1. The van der Waals surface area contributed by atoms with E-state index in [2.05, 4.69) is 4.99 Å². The van der Waals surface area contributed by atoms with Crippen LogP contribution in [0.5, 0.6) is 11.5 Å². The van der Waals surface area contributed by atoms with Gasteiger partial charge in [0, 0.05) is 17.1 Å². The Morgan fingerprint density at radius 2 is 1.86 bits per heavy atom. The van der Waals surface area contributed by atoms with E-state index in [1.807, 2.05) is 56.3 Å². The van der Waals surface area contributed by atoms with Crippen LogP contribution < -0.4 is 9.47 Å². The first-order chi connectivity index (χ1) is 17.9. The fourth-order valence-electron chi connectivity index (χ4n) is 3.61. The van der Waals surface area contributed by atoms with Gasteiger partial charge in [0.05, 0.1) is 22.8 Å². The lowest BCUT2D eigenvalue weighted by Gasteiger charge is -2.13. The number of rotatable bonds is 9. The molecule has 0 aliphatic carbocycles. The maximum absolute atomic E-state index is 13.1. The van der Waals surface area contributed by atoms with Gasteiger partial charge >= 0.3 is 5.97 Å². The third kappa shape index (κ3) is 6.34. The van der Waals surface area contributed by atoms with Gasteiger partial charge < -0.3 is 14.6 Å². The van der Waals surface area contributed by atoms with E-state index < -0.39 is 5.97 Å². The van der Waals surface area contributed by atoms with Crippen molar-refractivity contribution in [1.29, 1.82) is 0 Å². The van der Waals surface area contributed by atoms with Gasteiger partial charge in [-0.25, -0.2) is 9.79 Å². The van der Waals surface area contributed by atoms with E-state index in [1.165, 1.54) is 23.9 Å². The number of ether oxygens (including phenoxy) is 2. The molecule has 4 rings (SSSR count). The molecule has 0 aromatic heterocycles. The number of hydrogen-bond donors (Lipinski definition) is 1. The zero-order valence-electron chi connectivity index (χ0n) is 20.3. The van der Waals surface area contributed by atoms with Crippen molar-refractivity contribution in [3.63, 3.8) is 0 Å². The number of amides is 1. The van der Waals surface area contributed by atoms with Crippen LogP contribution in [0, 0.1) is 0 Å². The van der Waals surface area contributed by atoms with Gasteiger partial charge in [-0.2, -0.15) is 0 Å². The SMILES string of the molecule is CCOc1cc(/C=C2/SC(=Nc3cccc(C(=O)O)c3)N(CC)C2=O)ccc1OCc1ccccc1Cl. The highest BCUT2D eigenvalue weighted by molar-refractivity contribution is 8.18. The van der Waals surface area contributed by atoms with Crippen molar-refractivity contribution in [1.82, 2.24) is 4.90 Å². The fraction of sp³-hybridized carbons (Fsp3) is 0.179. The van der Waals surface area contributed by atoms with Crippen LogP contribution >= 0.6 is 23.4 Å². The number of aliphatic imine (C=N–C) groups is 1. The van der Waals surface area contributed by atoms with Crippen LogP contribution in [0.1, 0.15) is 35.3 Å². The number of hydrogen-bond acceptors (Lipinski definition) is 6. The summed E-state index contributed by atoms with van der Waals surface area (Å²) in [6, 6.07) is 19.3. The van der Waals surface area contributed by atoms with Crippen LogP contribution in [0.25, 0.3) is 6.08 Å². The average molecular weight is 537 g/mol. The summed E-state index contributed by atoms with van der Waals surface area (Å²) < 4.78 is 11.8. The van der Waals surface area contributed by atoms with Crippen LogP contribution in [0.15, 0.2) is 76.6 Å². The van der Waals surface area contributed by atoms with Crippen LogP contribution in [-0.4, -0.2) is 40.2 Å². The van der Waals surface area contributed by atoms with Gasteiger partial charge in [0.2, 0.25) is 0 Å². The number of likely N-dealkylation sites (N-methyl/N-ethyl adjacent to an activating group) is 1. The van der Waals surface area contributed by atoms with Crippen molar-refractivity contribution in [3.8, 4) is 11.5 Å². The van der Waals surface area contributed by atoms with E-state index in [-0.39, 0.29) is 11.5 Å². The van der Waals surface area contributed by atoms with Gasteiger partial charge in [0.25, 0.3) is 5.91 Å². The predicted molar refractivity (Wildman–Crippen MR) is 147 cm³/mol. The number of amidine groups is 1. The van der Waals surface area contributed by atoms with E-state index in [0.29, 0.717) is 52.0 Å². The highest BCUT2D eigenvalue weighted by atomic mass is 35.5. The van der Waals surface area contributed by atoms with Crippen molar-refractivity contribution < 1.29 is 24.2 Å². The Labute approximate surface area is 224 Å². The van der Waals surface area contributed by atoms with Gasteiger partial charge in [-0.1, -0.05) is 41.9 Å². The minimum atomic E-state index is -1.03. The summed E-state index contributed by atoms with van der Waals surface area (Å²) in [6.07, 6.45) is 1.78. The number of carboxylic acids is 1. The molecule has 1 heterocycles. The second-order valence-corrected chi connectivity index (χ2v) is 9.35. The second kappa shape index (κ2) is 12.0. The van der Waals surface area contributed by atoms with E-state index >= 15 is 0 Å². The van der Waals surface area contributed by atoms with E-state index in [1.54, 1.807) is 23.1 Å². The second-order valence-electron chi connectivity index (χ2n) is 7.93.